The van der Waals surface area contributed by atoms with E-state index >= 15 is 0 Å². The van der Waals surface area contributed by atoms with Crippen molar-refractivity contribution in [3.8, 4) is 0 Å². The van der Waals surface area contributed by atoms with Gasteiger partial charge >= 0.3 is 6.18 Å². The van der Waals surface area contributed by atoms with Gasteiger partial charge in [0.15, 0.2) is 5.84 Å². The normalized spacial score (nSPS) is 17.8. The average molecular weight is 337 g/mol. The SMILES string of the molecule is C=C1NC(C)=CC(=Nc2ccc(C(F)(F)F)cc2)N1/N=C(\N)CC. The molecule has 0 spiro atoms. The molecule has 0 aromatic heterocycles. The van der Waals surface area contributed by atoms with Crippen molar-refractivity contribution in [2.75, 3.05) is 0 Å². The lowest BCUT2D eigenvalue weighted by Gasteiger charge is -2.27. The standard InChI is InChI=1S/C16H18F3N5/c1-4-14(20)23-24-11(3)21-10(2)9-15(24)22-13-7-5-12(6-8-13)16(17,18)19/h5-9,21H,3-4H2,1-2H3,(H2,20,23). The molecule has 3 N–H and O–H groups in total. The Morgan fingerprint density at radius 3 is 2.46 bits per heavy atom. The van der Waals surface area contributed by atoms with E-state index in [0.29, 0.717) is 29.6 Å². The van der Waals surface area contributed by atoms with E-state index < -0.39 is 11.7 Å². The third-order valence-electron chi connectivity index (χ3n) is 3.19. The van der Waals surface area contributed by atoms with Crippen LogP contribution >= 0.6 is 0 Å². The first-order valence-corrected chi connectivity index (χ1v) is 7.24. The van der Waals surface area contributed by atoms with E-state index in [1.807, 2.05) is 13.8 Å². The van der Waals surface area contributed by atoms with Crippen LogP contribution < -0.4 is 11.1 Å². The summed E-state index contributed by atoms with van der Waals surface area (Å²) in [5.41, 5.74) is 6.19. The molecule has 0 aliphatic carbocycles. The van der Waals surface area contributed by atoms with E-state index in [4.69, 9.17) is 5.73 Å². The van der Waals surface area contributed by atoms with Crippen molar-refractivity contribution in [3.63, 3.8) is 0 Å². The summed E-state index contributed by atoms with van der Waals surface area (Å²) in [5.74, 6) is 1.25. The highest BCUT2D eigenvalue weighted by atomic mass is 19.4. The predicted octanol–water partition coefficient (Wildman–Crippen LogP) is 3.70. The zero-order valence-corrected chi connectivity index (χ0v) is 13.4. The molecular formula is C16H18F3N5. The first kappa shape index (κ1) is 17.6. The van der Waals surface area contributed by atoms with Crippen molar-refractivity contribution in [2.45, 2.75) is 26.4 Å². The molecule has 1 heterocycles. The molecule has 1 aromatic rings. The molecule has 0 bridgehead atoms. The molecule has 0 amide bonds. The molecule has 0 fully saturated rings. The fourth-order valence-electron chi connectivity index (χ4n) is 1.96. The Morgan fingerprint density at radius 1 is 1.29 bits per heavy atom. The Balaban J connectivity index is 2.40. The molecular weight excluding hydrogens is 319 g/mol. The Labute approximate surface area is 138 Å². The number of nitrogens with zero attached hydrogens (tertiary/aromatic N) is 3. The summed E-state index contributed by atoms with van der Waals surface area (Å²) >= 11 is 0. The molecule has 1 aliphatic heterocycles. The molecule has 0 radical (unpaired) electrons. The quantitative estimate of drug-likeness (QED) is 0.653. The predicted molar refractivity (Wildman–Crippen MR) is 88.3 cm³/mol. The largest absolute Gasteiger partial charge is 0.416 e. The summed E-state index contributed by atoms with van der Waals surface area (Å²) in [5, 5.41) is 8.64. The highest BCUT2D eigenvalue weighted by Gasteiger charge is 2.30. The highest BCUT2D eigenvalue weighted by molar-refractivity contribution is 5.98. The second kappa shape index (κ2) is 6.77. The van der Waals surface area contributed by atoms with Gasteiger partial charge in [-0.05, 0) is 31.2 Å². The van der Waals surface area contributed by atoms with Gasteiger partial charge in [0, 0.05) is 18.2 Å². The number of hydrazone groups is 1. The lowest BCUT2D eigenvalue weighted by atomic mass is 10.2. The van der Waals surface area contributed by atoms with Crippen LogP contribution in [0, 0.1) is 0 Å². The number of nitrogens with one attached hydrogen (secondary N) is 1. The van der Waals surface area contributed by atoms with Crippen LogP contribution in [0.3, 0.4) is 0 Å². The molecule has 0 saturated carbocycles. The highest BCUT2D eigenvalue weighted by Crippen LogP contribution is 2.30. The topological polar surface area (TPSA) is 66.0 Å². The average Bonchev–Trinajstić information content (AvgIpc) is 2.50. The van der Waals surface area contributed by atoms with Crippen LogP contribution in [0.5, 0.6) is 0 Å². The molecule has 0 atom stereocenters. The Hall–Kier alpha value is -2.77. The van der Waals surface area contributed by atoms with E-state index in [-0.39, 0.29) is 0 Å². The first-order valence-electron chi connectivity index (χ1n) is 7.24. The number of rotatable bonds is 3. The van der Waals surface area contributed by atoms with Crippen molar-refractivity contribution in [3.05, 3.63) is 54.0 Å². The fraction of sp³-hybridized carbons (Fsp3) is 0.250. The van der Waals surface area contributed by atoms with Crippen LogP contribution in [-0.4, -0.2) is 16.7 Å². The van der Waals surface area contributed by atoms with Crippen LogP contribution in [0.2, 0.25) is 0 Å². The monoisotopic (exact) mass is 337 g/mol. The number of halogens is 3. The third kappa shape index (κ3) is 4.15. The molecule has 128 valence electrons. The summed E-state index contributed by atoms with van der Waals surface area (Å²) in [6.07, 6.45) is -2.13. The molecule has 2 rings (SSSR count). The lowest BCUT2D eigenvalue weighted by molar-refractivity contribution is -0.137. The van der Waals surface area contributed by atoms with Crippen LogP contribution in [0.15, 0.2) is 58.5 Å². The smallest absolute Gasteiger partial charge is 0.386 e. The number of benzene rings is 1. The maximum atomic E-state index is 12.6. The number of nitrogens with two attached hydrogens (primary N) is 1. The summed E-state index contributed by atoms with van der Waals surface area (Å²) in [6, 6.07) is 4.57. The van der Waals surface area contributed by atoms with Crippen molar-refractivity contribution in [1.82, 2.24) is 10.3 Å². The number of aliphatic imine (C=N–C) groups is 1. The second-order valence-electron chi connectivity index (χ2n) is 5.17. The summed E-state index contributed by atoms with van der Waals surface area (Å²) < 4.78 is 37.9. The summed E-state index contributed by atoms with van der Waals surface area (Å²) in [7, 11) is 0. The van der Waals surface area contributed by atoms with Gasteiger partial charge in [-0.25, -0.2) is 4.99 Å². The lowest BCUT2D eigenvalue weighted by Crippen LogP contribution is -2.37. The number of amidine groups is 2. The second-order valence-corrected chi connectivity index (χ2v) is 5.17. The van der Waals surface area contributed by atoms with E-state index in [1.54, 1.807) is 6.08 Å². The van der Waals surface area contributed by atoms with Gasteiger partial charge in [-0.2, -0.15) is 23.3 Å². The summed E-state index contributed by atoms with van der Waals surface area (Å²) in [6.45, 7) is 7.52. The van der Waals surface area contributed by atoms with Gasteiger partial charge in [-0.1, -0.05) is 13.5 Å². The van der Waals surface area contributed by atoms with Crippen LogP contribution in [0.25, 0.3) is 0 Å². The van der Waals surface area contributed by atoms with Gasteiger partial charge in [0.1, 0.15) is 11.7 Å². The maximum absolute atomic E-state index is 12.6. The number of allylic oxidation sites excluding steroid dienone is 1. The minimum atomic E-state index is -4.38. The van der Waals surface area contributed by atoms with Crippen molar-refractivity contribution >= 4 is 17.4 Å². The Morgan fingerprint density at radius 2 is 1.92 bits per heavy atom. The summed E-state index contributed by atoms with van der Waals surface area (Å²) in [4.78, 5) is 4.35. The zero-order valence-electron chi connectivity index (χ0n) is 13.4. The van der Waals surface area contributed by atoms with E-state index in [1.165, 1.54) is 17.1 Å². The van der Waals surface area contributed by atoms with E-state index in [0.717, 1.165) is 17.8 Å². The first-order chi connectivity index (χ1) is 11.2. The van der Waals surface area contributed by atoms with Crippen molar-refractivity contribution in [1.29, 1.82) is 0 Å². The molecule has 0 unspecified atom stereocenters. The van der Waals surface area contributed by atoms with E-state index in [9.17, 15) is 13.2 Å². The zero-order chi connectivity index (χ0) is 17.9. The molecule has 0 saturated heterocycles. The van der Waals surface area contributed by atoms with Gasteiger partial charge in [0.2, 0.25) is 0 Å². The van der Waals surface area contributed by atoms with Gasteiger partial charge in [0.25, 0.3) is 0 Å². The molecule has 8 heteroatoms. The van der Waals surface area contributed by atoms with Crippen molar-refractivity contribution < 1.29 is 13.2 Å². The van der Waals surface area contributed by atoms with Crippen LogP contribution in [0.1, 0.15) is 25.8 Å². The molecule has 1 aromatic carbocycles. The van der Waals surface area contributed by atoms with Crippen molar-refractivity contribution in [2.24, 2.45) is 15.8 Å². The number of hydrogen-bond acceptors (Lipinski definition) is 3. The van der Waals surface area contributed by atoms with Crippen LogP contribution in [-0.2, 0) is 6.18 Å². The van der Waals surface area contributed by atoms with Gasteiger partial charge in [-0.3, -0.25) is 0 Å². The van der Waals surface area contributed by atoms with Gasteiger partial charge < -0.3 is 11.1 Å². The third-order valence-corrected chi connectivity index (χ3v) is 3.19. The molecule has 5 nitrogen and oxygen atoms in total. The van der Waals surface area contributed by atoms with Gasteiger partial charge in [0.05, 0.1) is 11.3 Å². The number of alkyl halides is 3. The van der Waals surface area contributed by atoms with Crippen LogP contribution in [0.4, 0.5) is 18.9 Å². The van der Waals surface area contributed by atoms with Gasteiger partial charge in [-0.15, -0.1) is 0 Å². The Kier molecular flexibility index (Phi) is 4.96. The molecule has 1 aliphatic rings. The number of hydrogen-bond donors (Lipinski definition) is 2. The fourth-order valence-corrected chi connectivity index (χ4v) is 1.96. The minimum absolute atomic E-state index is 0.368. The minimum Gasteiger partial charge on any atom is -0.386 e. The molecule has 24 heavy (non-hydrogen) atoms. The Bertz CT molecular complexity index is 714. The maximum Gasteiger partial charge on any atom is 0.416 e. The van der Waals surface area contributed by atoms with E-state index in [2.05, 4.69) is 22.0 Å².